The minimum atomic E-state index is -0.797. The van der Waals surface area contributed by atoms with Crippen molar-refractivity contribution in [3.63, 3.8) is 0 Å². The van der Waals surface area contributed by atoms with Gasteiger partial charge in [-0.2, -0.15) is 0 Å². The molecule has 31 heavy (non-hydrogen) atoms. The highest BCUT2D eigenvalue weighted by Crippen LogP contribution is 2.36. The molecule has 0 bridgehead atoms. The number of benzene rings is 1. The van der Waals surface area contributed by atoms with Gasteiger partial charge in [-0.25, -0.2) is 9.59 Å². The number of thiophene rings is 1. The Hall–Kier alpha value is -3.72. The van der Waals surface area contributed by atoms with Crippen molar-refractivity contribution in [2.24, 2.45) is 7.05 Å². The molecule has 0 atom stereocenters. The number of hydrogen-bond donors (Lipinski definition) is 1. The highest BCUT2D eigenvalue weighted by atomic mass is 32.1. The third-order valence-electron chi connectivity index (χ3n) is 4.28. The Balaban J connectivity index is 1.74. The fourth-order valence-electron chi connectivity index (χ4n) is 2.74. The van der Waals surface area contributed by atoms with Gasteiger partial charge >= 0.3 is 11.9 Å². The maximum atomic E-state index is 12.5. The largest absolute Gasteiger partial charge is 0.462 e. The van der Waals surface area contributed by atoms with Crippen molar-refractivity contribution < 1.29 is 23.9 Å². The zero-order chi connectivity index (χ0) is 22.4. The number of anilines is 1. The zero-order valence-electron chi connectivity index (χ0n) is 16.9. The number of carbonyl (C=O) groups is 3. The smallest absolute Gasteiger partial charge is 0.341 e. The number of nitrogens with one attached hydrogen (secondary N) is 1. The van der Waals surface area contributed by atoms with Crippen LogP contribution in [0.25, 0.3) is 11.1 Å². The van der Waals surface area contributed by atoms with Crippen molar-refractivity contribution >= 4 is 34.2 Å². The van der Waals surface area contributed by atoms with Crippen LogP contribution in [-0.2, 0) is 21.3 Å². The van der Waals surface area contributed by atoms with Gasteiger partial charge in [0.2, 0.25) is 0 Å². The van der Waals surface area contributed by atoms with Gasteiger partial charge in [0, 0.05) is 30.3 Å². The number of aryl methyl sites for hydroxylation is 1. The predicted molar refractivity (Wildman–Crippen MR) is 116 cm³/mol. The fraction of sp³-hybridized carbons (Fsp3) is 0.182. The lowest BCUT2D eigenvalue weighted by Crippen LogP contribution is -2.23. The molecule has 2 heterocycles. The molecule has 1 N–H and O–H groups in total. The summed E-state index contributed by atoms with van der Waals surface area (Å²) in [5.74, 6) is -1.98. The number of ether oxygens (including phenoxy) is 2. The van der Waals surface area contributed by atoms with Gasteiger partial charge in [-0.15, -0.1) is 11.3 Å². The molecule has 8 nitrogen and oxygen atoms in total. The van der Waals surface area contributed by atoms with Crippen molar-refractivity contribution in [1.82, 2.24) is 4.57 Å². The van der Waals surface area contributed by atoms with Crippen LogP contribution in [0.5, 0.6) is 0 Å². The van der Waals surface area contributed by atoms with E-state index in [-0.39, 0.29) is 23.3 Å². The van der Waals surface area contributed by atoms with Gasteiger partial charge in [-0.05, 0) is 18.6 Å². The quantitative estimate of drug-likeness (QED) is 0.566. The fourth-order valence-corrected chi connectivity index (χ4v) is 3.71. The lowest BCUT2D eigenvalue weighted by atomic mass is 10.0. The second kappa shape index (κ2) is 9.86. The van der Waals surface area contributed by atoms with E-state index in [1.807, 2.05) is 30.3 Å². The molecule has 0 aliphatic rings. The Morgan fingerprint density at radius 1 is 1.06 bits per heavy atom. The third kappa shape index (κ3) is 5.26. The van der Waals surface area contributed by atoms with Gasteiger partial charge in [-0.1, -0.05) is 30.3 Å². The van der Waals surface area contributed by atoms with Crippen molar-refractivity contribution in [3.05, 3.63) is 75.5 Å². The predicted octanol–water partition coefficient (Wildman–Crippen LogP) is 3.09. The second-order valence-corrected chi connectivity index (χ2v) is 7.31. The van der Waals surface area contributed by atoms with Crippen molar-refractivity contribution in [2.75, 3.05) is 18.5 Å². The molecular formula is C22H20N2O6S. The SMILES string of the molecule is CCOC(=O)c1c(-c2ccccc2)csc1NC(=O)COC(=O)c1ccn(C)c(=O)c1. The summed E-state index contributed by atoms with van der Waals surface area (Å²) in [5.41, 5.74) is 1.36. The molecule has 9 heteroatoms. The van der Waals surface area contributed by atoms with Gasteiger partial charge in [0.15, 0.2) is 6.61 Å². The number of rotatable bonds is 7. The van der Waals surface area contributed by atoms with E-state index >= 15 is 0 Å². The molecule has 1 aromatic carbocycles. The summed E-state index contributed by atoms with van der Waals surface area (Å²) >= 11 is 1.17. The van der Waals surface area contributed by atoms with Crippen molar-refractivity contribution in [1.29, 1.82) is 0 Å². The number of aromatic nitrogens is 1. The zero-order valence-corrected chi connectivity index (χ0v) is 17.7. The molecule has 0 saturated heterocycles. The van der Waals surface area contributed by atoms with Crippen LogP contribution < -0.4 is 10.9 Å². The minimum absolute atomic E-state index is 0.0469. The summed E-state index contributed by atoms with van der Waals surface area (Å²) in [4.78, 5) is 48.6. The van der Waals surface area contributed by atoms with E-state index in [0.717, 1.165) is 11.6 Å². The van der Waals surface area contributed by atoms with Crippen LogP contribution in [0.3, 0.4) is 0 Å². The van der Waals surface area contributed by atoms with Crippen LogP contribution in [0.2, 0.25) is 0 Å². The van der Waals surface area contributed by atoms with Crippen LogP contribution >= 0.6 is 11.3 Å². The third-order valence-corrected chi connectivity index (χ3v) is 5.18. The molecule has 0 saturated carbocycles. The lowest BCUT2D eigenvalue weighted by molar-refractivity contribution is -0.119. The summed E-state index contributed by atoms with van der Waals surface area (Å²) in [5, 5.41) is 4.65. The van der Waals surface area contributed by atoms with E-state index in [1.54, 1.807) is 19.4 Å². The Morgan fingerprint density at radius 2 is 1.81 bits per heavy atom. The molecular weight excluding hydrogens is 420 g/mol. The highest BCUT2D eigenvalue weighted by Gasteiger charge is 2.23. The molecule has 0 radical (unpaired) electrons. The highest BCUT2D eigenvalue weighted by molar-refractivity contribution is 7.15. The number of esters is 2. The summed E-state index contributed by atoms with van der Waals surface area (Å²) in [6, 6.07) is 11.8. The number of nitrogens with zero attached hydrogens (tertiary/aromatic N) is 1. The Bertz CT molecular complexity index is 1170. The monoisotopic (exact) mass is 440 g/mol. The average molecular weight is 440 g/mol. The van der Waals surface area contributed by atoms with Crippen molar-refractivity contribution in [2.45, 2.75) is 6.92 Å². The summed E-state index contributed by atoms with van der Waals surface area (Å²) < 4.78 is 11.4. The molecule has 0 unspecified atom stereocenters. The molecule has 3 aromatic rings. The Morgan fingerprint density at radius 3 is 2.48 bits per heavy atom. The summed E-state index contributed by atoms with van der Waals surface area (Å²) in [6.07, 6.45) is 1.43. The van der Waals surface area contributed by atoms with Gasteiger partial charge in [0.05, 0.1) is 12.2 Å². The lowest BCUT2D eigenvalue weighted by Gasteiger charge is -2.09. The maximum Gasteiger partial charge on any atom is 0.341 e. The Kier molecular flexibility index (Phi) is 6.99. The topological polar surface area (TPSA) is 104 Å². The van der Waals surface area contributed by atoms with Crippen LogP contribution in [0.15, 0.2) is 58.8 Å². The van der Waals surface area contributed by atoms with Crippen molar-refractivity contribution in [3.8, 4) is 11.1 Å². The van der Waals surface area contributed by atoms with E-state index in [2.05, 4.69) is 5.32 Å². The summed E-state index contributed by atoms with van der Waals surface area (Å²) in [6.45, 7) is 1.31. The minimum Gasteiger partial charge on any atom is -0.462 e. The average Bonchev–Trinajstić information content (AvgIpc) is 3.18. The molecule has 0 spiro atoms. The Labute approximate surface area is 182 Å². The first kappa shape index (κ1) is 22.0. The number of hydrogen-bond acceptors (Lipinski definition) is 7. The molecule has 0 aliphatic heterocycles. The molecule has 2 aromatic heterocycles. The van der Waals surface area contributed by atoms with Gasteiger partial charge in [0.1, 0.15) is 10.6 Å². The first-order chi connectivity index (χ1) is 14.9. The van der Waals surface area contributed by atoms with E-state index in [0.29, 0.717) is 10.6 Å². The standard InChI is InChI=1S/C22H20N2O6S/c1-3-29-22(28)19-16(14-7-5-4-6-8-14)13-31-20(19)23-17(25)12-30-21(27)15-9-10-24(2)18(26)11-15/h4-11,13H,3,12H2,1-2H3,(H,23,25). The number of amides is 1. The van der Waals surface area contributed by atoms with E-state index < -0.39 is 24.5 Å². The molecule has 3 rings (SSSR count). The van der Waals surface area contributed by atoms with Crippen LogP contribution in [0.1, 0.15) is 27.6 Å². The first-order valence-corrected chi connectivity index (χ1v) is 10.3. The maximum absolute atomic E-state index is 12.5. The van der Waals surface area contributed by atoms with Crippen LogP contribution in [0.4, 0.5) is 5.00 Å². The molecule has 0 aliphatic carbocycles. The van der Waals surface area contributed by atoms with Gasteiger partial charge in [-0.3, -0.25) is 9.59 Å². The number of pyridine rings is 1. The molecule has 160 valence electrons. The van der Waals surface area contributed by atoms with Gasteiger partial charge in [0.25, 0.3) is 11.5 Å². The van der Waals surface area contributed by atoms with Crippen LogP contribution in [-0.4, -0.2) is 35.6 Å². The van der Waals surface area contributed by atoms with E-state index in [9.17, 15) is 19.2 Å². The molecule has 1 amide bonds. The van der Waals surface area contributed by atoms with E-state index in [4.69, 9.17) is 9.47 Å². The molecule has 0 fully saturated rings. The van der Waals surface area contributed by atoms with Gasteiger partial charge < -0.3 is 19.4 Å². The van der Waals surface area contributed by atoms with Crippen LogP contribution in [0, 0.1) is 0 Å². The second-order valence-electron chi connectivity index (χ2n) is 6.43. The first-order valence-electron chi connectivity index (χ1n) is 9.38. The summed E-state index contributed by atoms with van der Waals surface area (Å²) in [7, 11) is 1.55. The number of carbonyl (C=O) groups excluding carboxylic acids is 3. The normalized spacial score (nSPS) is 10.4. The van der Waals surface area contributed by atoms with E-state index in [1.165, 1.54) is 28.2 Å².